The van der Waals surface area contributed by atoms with Gasteiger partial charge in [-0.05, 0) is 190 Å². The summed E-state index contributed by atoms with van der Waals surface area (Å²) in [5, 5.41) is 27.2. The fraction of sp³-hybridized carbons (Fsp3) is 0.482. The fourth-order valence-corrected chi connectivity index (χ4v) is 19.6. The molecule has 2 aliphatic heterocycles. The van der Waals surface area contributed by atoms with Crippen molar-refractivity contribution in [2.24, 2.45) is 35.3 Å². The van der Waals surface area contributed by atoms with E-state index in [2.05, 4.69) is 16.0 Å². The van der Waals surface area contributed by atoms with E-state index in [1.165, 1.54) is 25.0 Å². The van der Waals surface area contributed by atoms with Crippen molar-refractivity contribution in [3.05, 3.63) is 252 Å². The second-order valence-corrected chi connectivity index (χ2v) is 39.2. The largest absolute Gasteiger partial charge is 0.493 e. The highest BCUT2D eigenvalue weighted by molar-refractivity contribution is 7.86. The maximum atomic E-state index is 14.5. The van der Waals surface area contributed by atoms with Crippen molar-refractivity contribution < 1.29 is 94.4 Å². The molecule has 0 aromatic heterocycles. The Bertz CT molecular complexity index is 5280. The van der Waals surface area contributed by atoms with Crippen LogP contribution in [0, 0.1) is 36.5 Å². The minimum atomic E-state index is -3.95. The number of aryl methyl sites for hydroxylation is 1. The molecule has 5 aliphatic rings. The molecule has 26 nitrogen and oxygen atoms in total. The van der Waals surface area contributed by atoms with Gasteiger partial charge in [-0.3, -0.25) is 52.1 Å². The Morgan fingerprint density at radius 1 is 0.374 bits per heavy atom. The van der Waals surface area contributed by atoms with Gasteiger partial charge in [0.1, 0.15) is 67.8 Å². The summed E-state index contributed by atoms with van der Waals surface area (Å²) in [6, 6.07) is 64.0. The van der Waals surface area contributed by atoms with E-state index in [0.29, 0.717) is 163 Å². The summed E-state index contributed by atoms with van der Waals surface area (Å²) in [7, 11) is -3.95. The first kappa shape index (κ1) is 132. The molecule has 147 heavy (non-hydrogen) atoms. The van der Waals surface area contributed by atoms with E-state index >= 15 is 0 Å². The van der Waals surface area contributed by atoms with Crippen molar-refractivity contribution >= 4 is 177 Å². The van der Waals surface area contributed by atoms with Gasteiger partial charge in [0.2, 0.25) is 29.5 Å². The monoisotopic (exact) mass is 2190 g/mol. The summed E-state index contributed by atoms with van der Waals surface area (Å²) >= 11 is 0. The topological polar surface area (TPSA) is 369 Å². The third-order valence-corrected chi connectivity index (χ3v) is 28.0. The van der Waals surface area contributed by atoms with Crippen LogP contribution in [-0.2, 0) is 88.3 Å². The Kier molecular flexibility index (Phi) is 65.2. The zero-order valence-corrected chi connectivity index (χ0v) is 93.4. The molecule has 0 spiro atoms. The number of ether oxygens (including phenoxy) is 5. The molecule has 810 valence electrons. The molecule has 0 unspecified atom stereocenters. The molecule has 0 bridgehead atoms. The maximum absolute atomic E-state index is 14.5. The number of likely N-dealkylation sites (tertiary alicyclic amines) is 2. The van der Waals surface area contributed by atoms with E-state index < -0.39 is 70.0 Å². The Labute approximate surface area is 925 Å². The number of ketones is 5. The smallest absolute Gasteiger partial charge is 0.296 e. The quantitative estimate of drug-likeness (QED) is 0.0152. The number of unbranched alkanes of at least 4 members (excludes halogenated alkanes) is 3. The van der Waals surface area contributed by atoms with E-state index in [1.807, 2.05) is 171 Å². The Morgan fingerprint density at radius 3 is 1.03 bits per heavy atom. The number of rotatable bonds is 57. The predicted octanol–water partition coefficient (Wildman–Crippen LogP) is 17.3. The number of carbonyl (C=O) groups excluding carboxylic acids is 10. The van der Waals surface area contributed by atoms with Gasteiger partial charge < -0.3 is 65.4 Å². The second kappa shape index (κ2) is 72.5. The summed E-state index contributed by atoms with van der Waals surface area (Å²) in [6.45, 7) is 3.44. The number of aliphatic hydroxyl groups excluding tert-OH is 2. The second-order valence-electron chi connectivity index (χ2n) is 37.5. The lowest BCUT2D eigenvalue weighted by Crippen LogP contribution is -2.50. The molecule has 2 heterocycles. The zero-order valence-electron chi connectivity index (χ0n) is 84.5. The third kappa shape index (κ3) is 46.4. The van der Waals surface area contributed by atoms with Crippen molar-refractivity contribution in [2.45, 2.75) is 267 Å². The number of nitrogens with one attached hydrogen (secondary N) is 3. The fourth-order valence-electron chi connectivity index (χ4n) is 18.7. The van der Waals surface area contributed by atoms with E-state index in [0.717, 1.165) is 92.0 Å². The Balaban J connectivity index is 0.000000586. The van der Waals surface area contributed by atoms with Crippen LogP contribution in [0.2, 0.25) is 0 Å². The van der Waals surface area contributed by atoms with Crippen LogP contribution in [0.3, 0.4) is 0 Å². The minimum absolute atomic E-state index is 0. The van der Waals surface area contributed by atoms with Crippen molar-refractivity contribution in [3.8, 4) is 28.7 Å². The molecule has 8 aromatic carbocycles. The highest BCUT2D eigenvalue weighted by Crippen LogP contribution is 2.34. The standard InChI is InChI=1S/C49H58N2O9S.C42H52N2O7.C21H32N2O4.8H2S/c1-36-24-26-43(27-25-36)61(56,57)60-29-11-10-22-44(46(52)32-37-14-8-9-15-37)50-49(55)40(35-59-41-19-6-3-7-20-41)33-47(53)45(51-28-13-23-48(51)54)31-39-18-12-21-42(30-39)58-34-38-16-4-2-5-17-38;45-24-10-9-21-37(39(46)27-31-13-7-8-14-31)43-42(49)34(30-51-35-18-5-2-6-19-35)28-40(47)38(44-23-12-22-41(44)48)26-33-17-11-20-36(25-33)50-29-32-15-3-1-4-16-32;22-18(15-27-17-10-2-1-3-11-17)21(26)23-19(12-6-7-13-24)20(25)14-16-8-4-5-9-16;;;;;;;;/h2-7,12,16-21,24-27,30,37,40,44-45H,8-11,13-15,22-23,28-29,31-35H2,1H3,(H,50,55);1-6,11,15-20,25,31,34,37-38,45H,7-10,12-14,21-24,26-30H2,(H,43,49);1-3,10-11,16,18-19,24H,4-9,12-15,22H2,(H,23,26);8*1H2/t40-,44-,45-;34-,37-,38-;18-,19-;;;;;;;;/m000......../s1. The van der Waals surface area contributed by atoms with Gasteiger partial charge in [0.25, 0.3) is 10.1 Å². The molecule has 0 radical (unpaired) electrons. The van der Waals surface area contributed by atoms with Crippen LogP contribution < -0.4 is 45.4 Å². The number of amides is 5. The maximum Gasteiger partial charge on any atom is 0.296 e. The first-order chi connectivity index (χ1) is 67.5. The Morgan fingerprint density at radius 2 is 0.694 bits per heavy atom. The predicted molar refractivity (Wildman–Crippen MR) is 615 cm³/mol. The van der Waals surface area contributed by atoms with Gasteiger partial charge in [-0.1, -0.05) is 234 Å². The van der Waals surface area contributed by atoms with Crippen LogP contribution in [0.4, 0.5) is 0 Å². The number of hydrogen-bond donors (Lipinski definition) is 6. The SMILES string of the molecule is Cc1ccc(S(=O)(=O)OCCCC[C@H](NC(=O)[C@H](COc2ccccc2)CC(=O)[C@H](Cc2cccc(OCc3ccccc3)c2)N2CCCC2=O)C(=O)CC2CCCC2)cc1.N[C@@H](COc1ccccc1)C(=O)N[C@@H](CCCCO)C(=O)CC1CCCC1.O=C(N[C@@H](CCCCO)C(=O)CC1CCCC1)[C@H](COc1ccccc1)CC(=O)[C@H](Cc1cccc(OCc2ccccc2)c1)N1CCCC1=O.S.S.S.S.S.S.S.S. The number of Topliss-reactive ketones (excluding diaryl/α,β-unsaturated/α-hetero) is 5. The molecule has 5 fully saturated rings. The lowest BCUT2D eigenvalue weighted by atomic mass is 9.91. The molecular weight excluding hydrogens is 2040 g/mol. The van der Waals surface area contributed by atoms with E-state index in [9.17, 15) is 61.5 Å². The summed E-state index contributed by atoms with van der Waals surface area (Å²) in [6.07, 6.45) is 20.7. The van der Waals surface area contributed by atoms with Gasteiger partial charge in [0.05, 0.1) is 53.5 Å². The first-order valence-electron chi connectivity index (χ1n) is 50.1. The number of benzene rings is 8. The average Bonchev–Trinajstić information content (AvgIpc) is 1.81. The molecule has 8 aromatic rings. The lowest BCUT2D eigenvalue weighted by molar-refractivity contribution is -0.139. The van der Waals surface area contributed by atoms with Gasteiger partial charge in [0, 0.05) is 84.1 Å². The van der Waals surface area contributed by atoms with E-state index in [4.69, 9.17) is 38.7 Å². The highest BCUT2D eigenvalue weighted by atomic mass is 32.2. The molecule has 3 aliphatic carbocycles. The van der Waals surface area contributed by atoms with Gasteiger partial charge in [0.15, 0.2) is 28.9 Å². The number of hydrogen-bond acceptors (Lipinski definition) is 21. The molecule has 2 saturated heterocycles. The Hall–Kier alpha value is -8.95. The summed E-state index contributed by atoms with van der Waals surface area (Å²) in [5.74, 6) is 0.207. The van der Waals surface area contributed by atoms with Crippen LogP contribution in [-0.4, -0.2) is 176 Å². The van der Waals surface area contributed by atoms with E-state index in [-0.39, 0.29) is 237 Å². The van der Waals surface area contributed by atoms with Crippen LogP contribution in [0.1, 0.15) is 220 Å². The number of carbonyl (C=O) groups is 10. The molecular formula is C112H158N6O20S9. The van der Waals surface area contributed by atoms with Crippen LogP contribution in [0.25, 0.3) is 0 Å². The van der Waals surface area contributed by atoms with Gasteiger partial charge in [-0.25, -0.2) is 0 Å². The molecule has 7 N–H and O–H groups in total. The third-order valence-electron chi connectivity index (χ3n) is 26.6. The first-order valence-corrected chi connectivity index (χ1v) is 51.6. The van der Waals surface area contributed by atoms with E-state index in [1.54, 1.807) is 58.3 Å². The number of nitrogens with zero attached hydrogens (tertiary/aromatic N) is 2. The minimum Gasteiger partial charge on any atom is -0.493 e. The molecule has 35 heteroatoms. The number of para-hydroxylation sites is 3. The lowest BCUT2D eigenvalue weighted by Gasteiger charge is -2.29. The molecule has 13 rings (SSSR count). The van der Waals surface area contributed by atoms with Gasteiger partial charge >= 0.3 is 0 Å². The molecule has 8 atom stereocenters. The van der Waals surface area contributed by atoms with Gasteiger partial charge in [-0.2, -0.15) is 116 Å². The van der Waals surface area contributed by atoms with Gasteiger partial charge in [-0.15, -0.1) is 0 Å². The highest BCUT2D eigenvalue weighted by Gasteiger charge is 2.40. The van der Waals surface area contributed by atoms with Crippen LogP contribution in [0.5, 0.6) is 28.7 Å². The molecule has 3 saturated carbocycles. The number of nitrogens with two attached hydrogens (primary N) is 1. The van der Waals surface area contributed by atoms with Crippen molar-refractivity contribution in [1.29, 1.82) is 0 Å². The number of aliphatic hydroxyl groups is 2. The molecule has 5 amide bonds. The van der Waals surface area contributed by atoms with Crippen molar-refractivity contribution in [2.75, 3.05) is 52.7 Å². The summed E-state index contributed by atoms with van der Waals surface area (Å²) in [4.78, 5) is 139. The van der Waals surface area contributed by atoms with Crippen LogP contribution in [0.15, 0.2) is 229 Å². The van der Waals surface area contributed by atoms with Crippen molar-refractivity contribution in [1.82, 2.24) is 25.8 Å². The summed E-state index contributed by atoms with van der Waals surface area (Å²) < 4.78 is 60.6. The van der Waals surface area contributed by atoms with Crippen LogP contribution >= 0.6 is 108 Å². The van der Waals surface area contributed by atoms with Crippen molar-refractivity contribution in [3.63, 3.8) is 0 Å². The zero-order chi connectivity index (χ0) is 98.4. The average molecular weight is 2200 g/mol. The summed E-state index contributed by atoms with van der Waals surface area (Å²) in [5.41, 5.74) is 10.6. The normalized spacial score (nSPS) is 15.3.